The van der Waals surface area contributed by atoms with Gasteiger partial charge in [-0.2, -0.15) is 11.8 Å². The molecule has 29 heavy (non-hydrogen) atoms. The van der Waals surface area contributed by atoms with Crippen molar-refractivity contribution in [1.82, 2.24) is 15.5 Å². The second-order valence-electron chi connectivity index (χ2n) is 7.42. The molecule has 3 rings (SSSR count). The summed E-state index contributed by atoms with van der Waals surface area (Å²) in [6, 6.07) is 6.05. The second kappa shape index (κ2) is 10.9. The standard InChI is InChI=1S/C21H34N4O3S/c1-22-20(23-8-6-17-4-5-18(26-2)19(14-17)27-3)24-15-21(7-13-29-16-21)25-9-11-28-12-10-25/h4-5,14H,6-13,15-16H2,1-3H3,(H2,22,23,24). The first-order valence-electron chi connectivity index (χ1n) is 10.3. The maximum absolute atomic E-state index is 5.56. The van der Waals surface area contributed by atoms with Crippen LogP contribution in [0.3, 0.4) is 0 Å². The highest BCUT2D eigenvalue weighted by molar-refractivity contribution is 7.99. The molecule has 2 aliphatic heterocycles. The molecule has 2 fully saturated rings. The van der Waals surface area contributed by atoms with Gasteiger partial charge in [-0.25, -0.2) is 0 Å². The highest BCUT2D eigenvalue weighted by Gasteiger charge is 2.40. The molecule has 0 radical (unpaired) electrons. The van der Waals surface area contributed by atoms with Gasteiger partial charge in [0, 0.05) is 44.5 Å². The van der Waals surface area contributed by atoms with Gasteiger partial charge in [-0.1, -0.05) is 6.07 Å². The minimum atomic E-state index is 0.204. The van der Waals surface area contributed by atoms with Crippen molar-refractivity contribution in [2.24, 2.45) is 4.99 Å². The lowest BCUT2D eigenvalue weighted by molar-refractivity contribution is -0.0120. The summed E-state index contributed by atoms with van der Waals surface area (Å²) in [4.78, 5) is 7.03. The minimum Gasteiger partial charge on any atom is -0.493 e. The van der Waals surface area contributed by atoms with Gasteiger partial charge in [0.2, 0.25) is 0 Å². The number of nitrogens with zero attached hydrogens (tertiary/aromatic N) is 2. The fraction of sp³-hybridized carbons (Fsp3) is 0.667. The van der Waals surface area contributed by atoms with Gasteiger partial charge in [0.25, 0.3) is 0 Å². The van der Waals surface area contributed by atoms with Crippen LogP contribution >= 0.6 is 11.8 Å². The predicted molar refractivity (Wildman–Crippen MR) is 120 cm³/mol. The van der Waals surface area contributed by atoms with Crippen LogP contribution in [0.4, 0.5) is 0 Å². The van der Waals surface area contributed by atoms with E-state index in [9.17, 15) is 0 Å². The SMILES string of the molecule is CN=C(NCCc1ccc(OC)c(OC)c1)NCC1(N2CCOCC2)CCSC1. The molecule has 7 nitrogen and oxygen atoms in total. The van der Waals surface area contributed by atoms with E-state index in [1.165, 1.54) is 23.5 Å². The molecule has 1 atom stereocenters. The number of hydrogen-bond acceptors (Lipinski definition) is 6. The Morgan fingerprint density at radius 1 is 1.21 bits per heavy atom. The summed E-state index contributed by atoms with van der Waals surface area (Å²) in [6.45, 7) is 5.43. The summed E-state index contributed by atoms with van der Waals surface area (Å²) in [5.41, 5.74) is 1.40. The first-order valence-corrected chi connectivity index (χ1v) is 11.4. The molecule has 1 unspecified atom stereocenters. The van der Waals surface area contributed by atoms with Gasteiger partial charge in [-0.15, -0.1) is 0 Å². The normalized spacial score (nSPS) is 23.1. The van der Waals surface area contributed by atoms with Crippen molar-refractivity contribution in [3.63, 3.8) is 0 Å². The molecule has 0 spiro atoms. The highest BCUT2D eigenvalue weighted by atomic mass is 32.2. The third kappa shape index (κ3) is 5.71. The van der Waals surface area contributed by atoms with E-state index in [4.69, 9.17) is 14.2 Å². The zero-order valence-corrected chi connectivity index (χ0v) is 18.6. The van der Waals surface area contributed by atoms with Crippen molar-refractivity contribution in [2.45, 2.75) is 18.4 Å². The average Bonchev–Trinajstić information content (AvgIpc) is 3.26. The lowest BCUT2D eigenvalue weighted by atomic mass is 9.95. The van der Waals surface area contributed by atoms with Crippen molar-refractivity contribution in [3.05, 3.63) is 23.8 Å². The number of benzene rings is 1. The van der Waals surface area contributed by atoms with Crippen molar-refractivity contribution in [2.75, 3.05) is 72.2 Å². The van der Waals surface area contributed by atoms with Crippen molar-refractivity contribution < 1.29 is 14.2 Å². The summed E-state index contributed by atoms with van der Waals surface area (Å²) < 4.78 is 16.3. The molecule has 162 valence electrons. The highest BCUT2D eigenvalue weighted by Crippen LogP contribution is 2.33. The molecule has 1 aromatic carbocycles. The van der Waals surface area contributed by atoms with E-state index < -0.39 is 0 Å². The molecule has 0 saturated carbocycles. The summed E-state index contributed by atoms with van der Waals surface area (Å²) in [5, 5.41) is 7.02. The van der Waals surface area contributed by atoms with Gasteiger partial charge >= 0.3 is 0 Å². The molecule has 1 aromatic rings. The van der Waals surface area contributed by atoms with Crippen LogP contribution in [0.2, 0.25) is 0 Å². The Balaban J connectivity index is 1.50. The smallest absolute Gasteiger partial charge is 0.191 e. The Kier molecular flexibility index (Phi) is 8.32. The zero-order chi connectivity index (χ0) is 20.5. The number of guanidine groups is 1. The van der Waals surface area contributed by atoms with Crippen LogP contribution < -0.4 is 20.1 Å². The Hall–Kier alpha value is -1.64. The number of thioether (sulfide) groups is 1. The van der Waals surface area contributed by atoms with Crippen LogP contribution in [-0.4, -0.2) is 88.6 Å². The van der Waals surface area contributed by atoms with Crippen LogP contribution in [0.1, 0.15) is 12.0 Å². The third-order valence-electron chi connectivity index (χ3n) is 5.73. The molecular formula is C21H34N4O3S. The van der Waals surface area contributed by atoms with Crippen LogP contribution in [0.5, 0.6) is 11.5 Å². The number of nitrogens with one attached hydrogen (secondary N) is 2. The van der Waals surface area contributed by atoms with E-state index in [1.807, 2.05) is 19.2 Å². The van der Waals surface area contributed by atoms with Gasteiger partial charge in [0.15, 0.2) is 17.5 Å². The van der Waals surface area contributed by atoms with Gasteiger partial charge in [0.1, 0.15) is 0 Å². The molecule has 2 aliphatic rings. The number of morpholine rings is 1. The Morgan fingerprint density at radius 2 is 2.00 bits per heavy atom. The zero-order valence-electron chi connectivity index (χ0n) is 17.8. The number of hydrogen-bond donors (Lipinski definition) is 2. The number of rotatable bonds is 8. The van der Waals surface area contributed by atoms with E-state index in [-0.39, 0.29) is 5.54 Å². The van der Waals surface area contributed by atoms with Crippen molar-refractivity contribution in [3.8, 4) is 11.5 Å². The molecule has 8 heteroatoms. The quantitative estimate of drug-likeness (QED) is 0.487. The Morgan fingerprint density at radius 3 is 2.66 bits per heavy atom. The van der Waals surface area contributed by atoms with E-state index in [2.05, 4.69) is 38.4 Å². The molecule has 0 bridgehead atoms. The number of ether oxygens (including phenoxy) is 3. The van der Waals surface area contributed by atoms with Gasteiger partial charge in [-0.05, 0) is 36.3 Å². The molecule has 0 aromatic heterocycles. The molecule has 0 amide bonds. The van der Waals surface area contributed by atoms with Crippen molar-refractivity contribution >= 4 is 17.7 Å². The first-order chi connectivity index (χ1) is 14.2. The molecule has 2 saturated heterocycles. The van der Waals surface area contributed by atoms with Crippen LogP contribution in [-0.2, 0) is 11.2 Å². The molecule has 2 N–H and O–H groups in total. The third-order valence-corrected chi connectivity index (χ3v) is 6.96. The molecule has 0 aliphatic carbocycles. The summed E-state index contributed by atoms with van der Waals surface area (Å²) in [7, 11) is 5.15. The fourth-order valence-corrected chi connectivity index (χ4v) is 5.44. The molecule has 2 heterocycles. The first kappa shape index (κ1) is 22.1. The van der Waals surface area contributed by atoms with Gasteiger partial charge < -0.3 is 24.8 Å². The van der Waals surface area contributed by atoms with E-state index in [0.29, 0.717) is 0 Å². The van der Waals surface area contributed by atoms with E-state index in [1.54, 1.807) is 14.2 Å². The van der Waals surface area contributed by atoms with Crippen LogP contribution in [0.15, 0.2) is 23.2 Å². The minimum absolute atomic E-state index is 0.204. The van der Waals surface area contributed by atoms with Gasteiger partial charge in [0.05, 0.1) is 27.4 Å². The fourth-order valence-electron chi connectivity index (χ4n) is 3.97. The Bertz CT molecular complexity index is 674. The average molecular weight is 423 g/mol. The van der Waals surface area contributed by atoms with Gasteiger partial charge in [-0.3, -0.25) is 9.89 Å². The number of methoxy groups -OCH3 is 2. The van der Waals surface area contributed by atoms with E-state index in [0.717, 1.165) is 63.3 Å². The lowest BCUT2D eigenvalue weighted by Gasteiger charge is -2.43. The summed E-state index contributed by atoms with van der Waals surface area (Å²) in [6.07, 6.45) is 2.10. The predicted octanol–water partition coefficient (Wildman–Crippen LogP) is 1.62. The van der Waals surface area contributed by atoms with Crippen LogP contribution in [0, 0.1) is 0 Å². The monoisotopic (exact) mass is 422 g/mol. The van der Waals surface area contributed by atoms with Crippen LogP contribution in [0.25, 0.3) is 0 Å². The molecular weight excluding hydrogens is 388 g/mol. The number of aliphatic imine (C=N–C) groups is 1. The topological polar surface area (TPSA) is 67.4 Å². The maximum Gasteiger partial charge on any atom is 0.191 e. The maximum atomic E-state index is 5.56. The Labute approximate surface area is 178 Å². The largest absolute Gasteiger partial charge is 0.493 e. The summed E-state index contributed by atoms with van der Waals surface area (Å²) >= 11 is 2.05. The lowest BCUT2D eigenvalue weighted by Crippen LogP contribution is -2.60. The van der Waals surface area contributed by atoms with Crippen molar-refractivity contribution in [1.29, 1.82) is 0 Å². The second-order valence-corrected chi connectivity index (χ2v) is 8.52. The summed E-state index contributed by atoms with van der Waals surface area (Å²) in [5.74, 6) is 4.77. The van der Waals surface area contributed by atoms with E-state index >= 15 is 0 Å².